The van der Waals surface area contributed by atoms with Crippen molar-refractivity contribution in [2.75, 3.05) is 20.2 Å². The lowest BCUT2D eigenvalue weighted by molar-refractivity contribution is 0.0693. The zero-order valence-corrected chi connectivity index (χ0v) is 16.7. The molecule has 8 heteroatoms. The number of hydrogen-bond donors (Lipinski definition) is 0. The fourth-order valence-electron chi connectivity index (χ4n) is 3.54. The fourth-order valence-corrected chi connectivity index (χ4v) is 4.23. The number of nitrogens with zero attached hydrogens (tertiary/aromatic N) is 3. The molecule has 1 aromatic carbocycles. The standard InChI is InChI=1S/C21H20FN3O3S/c1-28-18-6-4-14(13-16(18)22)17-5-7-20(26)25(23-17)15-8-10-24(11-9-15)21(27)19-3-2-12-29-19/h2-7,12-13,15H,8-11H2,1H3. The van der Waals surface area contributed by atoms with Gasteiger partial charge in [0.15, 0.2) is 11.6 Å². The van der Waals surface area contributed by atoms with Crippen LogP contribution in [-0.4, -0.2) is 40.8 Å². The molecule has 0 N–H and O–H groups in total. The van der Waals surface area contributed by atoms with Crippen LogP contribution in [0.1, 0.15) is 28.6 Å². The molecule has 1 amide bonds. The van der Waals surface area contributed by atoms with E-state index in [1.54, 1.807) is 12.1 Å². The normalized spacial score (nSPS) is 14.8. The van der Waals surface area contributed by atoms with E-state index in [1.807, 2.05) is 22.4 Å². The van der Waals surface area contributed by atoms with Crippen LogP contribution in [0.3, 0.4) is 0 Å². The Balaban J connectivity index is 1.52. The second-order valence-corrected chi connectivity index (χ2v) is 7.80. The second kappa shape index (κ2) is 8.16. The van der Waals surface area contributed by atoms with E-state index in [0.717, 1.165) is 4.88 Å². The minimum absolute atomic E-state index is 0.0289. The Kier molecular flexibility index (Phi) is 5.44. The molecule has 0 spiro atoms. The predicted octanol–water partition coefficient (Wildman–Crippen LogP) is 3.60. The van der Waals surface area contributed by atoms with Gasteiger partial charge in [0.1, 0.15) is 0 Å². The Morgan fingerprint density at radius 1 is 1.21 bits per heavy atom. The van der Waals surface area contributed by atoms with Gasteiger partial charge in [-0.2, -0.15) is 5.10 Å². The molecule has 0 atom stereocenters. The van der Waals surface area contributed by atoms with Crippen LogP contribution in [0.25, 0.3) is 11.3 Å². The highest BCUT2D eigenvalue weighted by atomic mass is 32.1. The minimum Gasteiger partial charge on any atom is -0.494 e. The van der Waals surface area contributed by atoms with Gasteiger partial charge in [-0.1, -0.05) is 6.07 Å². The summed E-state index contributed by atoms with van der Waals surface area (Å²) in [6.45, 7) is 1.13. The lowest BCUT2D eigenvalue weighted by atomic mass is 10.0. The van der Waals surface area contributed by atoms with E-state index >= 15 is 0 Å². The molecular weight excluding hydrogens is 393 g/mol. The minimum atomic E-state index is -0.482. The van der Waals surface area contributed by atoms with Crippen molar-refractivity contribution in [3.8, 4) is 17.0 Å². The maximum Gasteiger partial charge on any atom is 0.267 e. The maximum absolute atomic E-state index is 14.0. The van der Waals surface area contributed by atoms with Crippen molar-refractivity contribution in [3.63, 3.8) is 0 Å². The molecule has 3 aromatic rings. The summed E-state index contributed by atoms with van der Waals surface area (Å²) in [5.74, 6) is -0.295. The van der Waals surface area contributed by atoms with Gasteiger partial charge in [-0.25, -0.2) is 9.07 Å². The van der Waals surface area contributed by atoms with Crippen LogP contribution < -0.4 is 10.3 Å². The van der Waals surface area contributed by atoms with E-state index in [9.17, 15) is 14.0 Å². The number of carbonyl (C=O) groups is 1. The summed E-state index contributed by atoms with van der Waals surface area (Å²) in [5.41, 5.74) is 0.886. The van der Waals surface area contributed by atoms with Crippen molar-refractivity contribution in [3.05, 3.63) is 68.9 Å². The van der Waals surface area contributed by atoms with Gasteiger partial charge in [-0.05, 0) is 48.6 Å². The van der Waals surface area contributed by atoms with E-state index < -0.39 is 5.82 Å². The molecule has 29 heavy (non-hydrogen) atoms. The smallest absolute Gasteiger partial charge is 0.267 e. The molecule has 0 radical (unpaired) electrons. The highest BCUT2D eigenvalue weighted by molar-refractivity contribution is 7.12. The van der Waals surface area contributed by atoms with Crippen molar-refractivity contribution in [2.45, 2.75) is 18.9 Å². The fraction of sp³-hybridized carbons (Fsp3) is 0.286. The molecule has 0 unspecified atom stereocenters. The van der Waals surface area contributed by atoms with Gasteiger partial charge >= 0.3 is 0 Å². The number of benzene rings is 1. The van der Waals surface area contributed by atoms with E-state index in [4.69, 9.17) is 4.74 Å². The zero-order valence-electron chi connectivity index (χ0n) is 15.9. The summed E-state index contributed by atoms with van der Waals surface area (Å²) in [7, 11) is 1.41. The summed E-state index contributed by atoms with van der Waals surface area (Å²) in [6, 6.07) is 11.2. The number of piperidine rings is 1. The third-order valence-electron chi connectivity index (χ3n) is 5.10. The number of likely N-dealkylation sites (tertiary alicyclic amines) is 1. The van der Waals surface area contributed by atoms with E-state index in [0.29, 0.717) is 37.2 Å². The van der Waals surface area contributed by atoms with Gasteiger partial charge in [0.2, 0.25) is 0 Å². The van der Waals surface area contributed by atoms with E-state index in [1.165, 1.54) is 41.3 Å². The number of aromatic nitrogens is 2. The summed E-state index contributed by atoms with van der Waals surface area (Å²) in [6.07, 6.45) is 1.29. The Morgan fingerprint density at radius 3 is 2.66 bits per heavy atom. The van der Waals surface area contributed by atoms with Crippen molar-refractivity contribution in [1.82, 2.24) is 14.7 Å². The first-order valence-electron chi connectivity index (χ1n) is 9.33. The Labute approximate surface area is 171 Å². The van der Waals surface area contributed by atoms with Crippen LogP contribution in [0.4, 0.5) is 4.39 Å². The van der Waals surface area contributed by atoms with Gasteiger partial charge in [0, 0.05) is 24.7 Å². The van der Waals surface area contributed by atoms with Gasteiger partial charge in [0.25, 0.3) is 11.5 Å². The number of carbonyl (C=O) groups excluding carboxylic acids is 1. The highest BCUT2D eigenvalue weighted by Crippen LogP contribution is 2.26. The van der Waals surface area contributed by atoms with Gasteiger partial charge in [0.05, 0.1) is 23.7 Å². The van der Waals surface area contributed by atoms with Crippen LogP contribution in [-0.2, 0) is 0 Å². The maximum atomic E-state index is 14.0. The molecule has 2 aromatic heterocycles. The van der Waals surface area contributed by atoms with Gasteiger partial charge in [-0.3, -0.25) is 9.59 Å². The molecule has 1 fully saturated rings. The molecule has 0 bridgehead atoms. The number of ether oxygens (including phenoxy) is 1. The van der Waals surface area contributed by atoms with E-state index in [-0.39, 0.29) is 23.3 Å². The first-order chi connectivity index (χ1) is 14.1. The molecule has 4 rings (SSSR count). The quantitative estimate of drug-likeness (QED) is 0.656. The number of halogens is 1. The molecule has 1 saturated heterocycles. The first-order valence-corrected chi connectivity index (χ1v) is 10.2. The third kappa shape index (κ3) is 3.93. The lowest BCUT2D eigenvalue weighted by Gasteiger charge is -2.32. The molecule has 0 aliphatic carbocycles. The Bertz CT molecular complexity index is 1070. The van der Waals surface area contributed by atoms with Crippen LogP contribution in [0, 0.1) is 5.82 Å². The Morgan fingerprint density at radius 2 is 2.00 bits per heavy atom. The SMILES string of the molecule is COc1ccc(-c2ccc(=O)n(C3CCN(C(=O)c4cccs4)CC3)n2)cc1F. The average molecular weight is 413 g/mol. The first kappa shape index (κ1) is 19.3. The molecule has 1 aliphatic rings. The highest BCUT2D eigenvalue weighted by Gasteiger charge is 2.26. The van der Waals surface area contributed by atoms with Crippen LogP contribution >= 0.6 is 11.3 Å². The summed E-state index contributed by atoms with van der Waals surface area (Å²) >= 11 is 1.43. The average Bonchev–Trinajstić information content (AvgIpc) is 3.28. The lowest BCUT2D eigenvalue weighted by Crippen LogP contribution is -2.41. The number of methoxy groups -OCH3 is 1. The molecule has 0 saturated carbocycles. The largest absolute Gasteiger partial charge is 0.494 e. The van der Waals surface area contributed by atoms with Gasteiger partial charge < -0.3 is 9.64 Å². The Hall–Kier alpha value is -3.00. The molecular formula is C21H20FN3O3S. The number of rotatable bonds is 4. The van der Waals surface area contributed by atoms with Gasteiger partial charge in [-0.15, -0.1) is 11.3 Å². The topological polar surface area (TPSA) is 64.4 Å². The summed E-state index contributed by atoms with van der Waals surface area (Å²) in [5, 5.41) is 6.36. The molecule has 6 nitrogen and oxygen atoms in total. The van der Waals surface area contributed by atoms with Crippen LogP contribution in [0.5, 0.6) is 5.75 Å². The second-order valence-electron chi connectivity index (χ2n) is 6.85. The summed E-state index contributed by atoms with van der Waals surface area (Å²) < 4.78 is 20.5. The van der Waals surface area contributed by atoms with Crippen molar-refractivity contribution >= 4 is 17.2 Å². The van der Waals surface area contributed by atoms with Crippen LogP contribution in [0.15, 0.2) is 52.6 Å². The molecule has 3 heterocycles. The monoisotopic (exact) mass is 413 g/mol. The summed E-state index contributed by atoms with van der Waals surface area (Å²) in [4.78, 5) is 27.4. The van der Waals surface area contributed by atoms with Crippen molar-refractivity contribution in [1.29, 1.82) is 0 Å². The zero-order chi connectivity index (χ0) is 20.4. The van der Waals surface area contributed by atoms with Crippen molar-refractivity contribution in [2.24, 2.45) is 0 Å². The van der Waals surface area contributed by atoms with Crippen molar-refractivity contribution < 1.29 is 13.9 Å². The molecule has 150 valence electrons. The third-order valence-corrected chi connectivity index (χ3v) is 5.96. The number of thiophene rings is 1. The predicted molar refractivity (Wildman–Crippen MR) is 109 cm³/mol. The number of hydrogen-bond acceptors (Lipinski definition) is 5. The number of amides is 1. The van der Waals surface area contributed by atoms with E-state index in [2.05, 4.69) is 5.10 Å². The van der Waals surface area contributed by atoms with Crippen LogP contribution in [0.2, 0.25) is 0 Å². The molecule has 1 aliphatic heterocycles.